The smallest absolute Gasteiger partial charge is 0.0650 e. The Hall–Kier alpha value is -0.830. The number of aliphatic hydroxyl groups is 1. The first-order chi connectivity index (χ1) is 8.20. The van der Waals surface area contributed by atoms with Crippen LogP contribution in [0.5, 0.6) is 0 Å². The van der Waals surface area contributed by atoms with Gasteiger partial charge in [-0.1, -0.05) is 6.42 Å². The van der Waals surface area contributed by atoms with E-state index in [0.717, 1.165) is 29.9 Å². The lowest BCUT2D eigenvalue weighted by atomic mass is 9.84. The van der Waals surface area contributed by atoms with Crippen molar-refractivity contribution >= 4 is 0 Å². The molecule has 0 saturated heterocycles. The predicted octanol–water partition coefficient (Wildman–Crippen LogP) is 2.15. The minimum absolute atomic E-state index is 0.200. The number of nitrogens with zero attached hydrogens (tertiary/aromatic N) is 2. The van der Waals surface area contributed by atoms with Crippen molar-refractivity contribution in [2.45, 2.75) is 44.6 Å². The number of aromatic nitrogens is 2. The second-order valence-electron chi connectivity index (χ2n) is 6.01. The van der Waals surface area contributed by atoms with Crippen molar-refractivity contribution in [3.8, 4) is 0 Å². The minimum Gasteiger partial charge on any atom is -0.393 e. The van der Waals surface area contributed by atoms with E-state index in [1.54, 1.807) is 4.68 Å². The average Bonchev–Trinajstić information content (AvgIpc) is 2.95. The number of hydrogen-bond donors (Lipinski definition) is 1. The van der Waals surface area contributed by atoms with Gasteiger partial charge in [0.1, 0.15) is 0 Å². The van der Waals surface area contributed by atoms with E-state index in [2.05, 4.69) is 5.10 Å². The van der Waals surface area contributed by atoms with E-state index in [-0.39, 0.29) is 6.10 Å². The van der Waals surface area contributed by atoms with Crippen LogP contribution >= 0.6 is 0 Å². The van der Waals surface area contributed by atoms with Crippen molar-refractivity contribution in [2.75, 3.05) is 0 Å². The average molecular weight is 234 g/mol. The SMILES string of the molecule is Cn1ccc(CC(O)CC2CC3CCC2C3)n1. The lowest BCUT2D eigenvalue weighted by Crippen LogP contribution is -2.20. The van der Waals surface area contributed by atoms with E-state index in [4.69, 9.17) is 0 Å². The van der Waals surface area contributed by atoms with Crippen molar-refractivity contribution in [2.24, 2.45) is 24.8 Å². The molecule has 2 aliphatic rings. The van der Waals surface area contributed by atoms with E-state index in [0.29, 0.717) is 6.42 Å². The van der Waals surface area contributed by atoms with Crippen LogP contribution in [0.3, 0.4) is 0 Å². The van der Waals surface area contributed by atoms with Gasteiger partial charge in [0.25, 0.3) is 0 Å². The lowest BCUT2D eigenvalue weighted by molar-refractivity contribution is 0.123. The third-order valence-corrected chi connectivity index (χ3v) is 4.67. The molecular formula is C14H22N2O. The van der Waals surface area contributed by atoms with Crippen molar-refractivity contribution in [3.05, 3.63) is 18.0 Å². The third-order valence-electron chi connectivity index (χ3n) is 4.67. The van der Waals surface area contributed by atoms with Gasteiger partial charge >= 0.3 is 0 Å². The molecule has 17 heavy (non-hydrogen) atoms. The first kappa shape index (κ1) is 11.3. The van der Waals surface area contributed by atoms with Crippen molar-refractivity contribution in [1.82, 2.24) is 9.78 Å². The van der Waals surface area contributed by atoms with Crippen LogP contribution in [0.2, 0.25) is 0 Å². The topological polar surface area (TPSA) is 38.0 Å². The summed E-state index contributed by atoms with van der Waals surface area (Å²) in [5.41, 5.74) is 1.02. The summed E-state index contributed by atoms with van der Waals surface area (Å²) in [6.07, 6.45) is 9.09. The van der Waals surface area contributed by atoms with Gasteiger partial charge in [0.05, 0.1) is 11.8 Å². The van der Waals surface area contributed by atoms with Crippen LogP contribution in [0.1, 0.15) is 37.8 Å². The molecule has 0 radical (unpaired) electrons. The zero-order valence-electron chi connectivity index (χ0n) is 10.5. The Morgan fingerprint density at radius 3 is 2.94 bits per heavy atom. The van der Waals surface area contributed by atoms with Gasteiger partial charge in [-0.3, -0.25) is 4.68 Å². The Bertz CT molecular complexity index is 387. The molecule has 4 atom stereocenters. The van der Waals surface area contributed by atoms with E-state index in [1.807, 2.05) is 19.3 Å². The predicted molar refractivity (Wildman–Crippen MR) is 66.5 cm³/mol. The highest BCUT2D eigenvalue weighted by atomic mass is 16.3. The third kappa shape index (κ3) is 2.39. The van der Waals surface area contributed by atoms with Crippen LogP contribution in [-0.4, -0.2) is 21.0 Å². The van der Waals surface area contributed by atoms with Crippen LogP contribution in [0.4, 0.5) is 0 Å². The van der Waals surface area contributed by atoms with Gasteiger partial charge in [-0.15, -0.1) is 0 Å². The van der Waals surface area contributed by atoms with Crippen LogP contribution in [0.15, 0.2) is 12.3 Å². The minimum atomic E-state index is -0.200. The molecule has 0 spiro atoms. The fraction of sp³-hybridized carbons (Fsp3) is 0.786. The standard InChI is InChI=1S/C14H22N2O/c1-16-5-4-13(15-16)9-14(17)8-12-7-10-2-3-11(12)6-10/h4-5,10-12,14,17H,2-3,6-9H2,1H3. The molecule has 0 amide bonds. The van der Waals surface area contributed by atoms with Crippen LogP contribution in [0, 0.1) is 17.8 Å². The summed E-state index contributed by atoms with van der Waals surface area (Å²) in [6.45, 7) is 0. The molecule has 2 fully saturated rings. The molecule has 1 N–H and O–H groups in total. The number of rotatable bonds is 4. The van der Waals surface area contributed by atoms with Gasteiger partial charge in [-0.05, 0) is 49.5 Å². The molecule has 2 bridgehead atoms. The molecule has 2 aliphatic carbocycles. The summed E-state index contributed by atoms with van der Waals surface area (Å²) in [5, 5.41) is 14.5. The second-order valence-corrected chi connectivity index (χ2v) is 6.01. The Labute approximate surface area is 103 Å². The van der Waals surface area contributed by atoms with Gasteiger partial charge in [0.15, 0.2) is 0 Å². The summed E-state index contributed by atoms with van der Waals surface area (Å²) < 4.78 is 1.81. The highest BCUT2D eigenvalue weighted by Crippen LogP contribution is 2.49. The lowest BCUT2D eigenvalue weighted by Gasteiger charge is -2.23. The molecular weight excluding hydrogens is 212 g/mol. The van der Waals surface area contributed by atoms with Crippen molar-refractivity contribution in [3.63, 3.8) is 0 Å². The van der Waals surface area contributed by atoms with Gasteiger partial charge in [0, 0.05) is 19.7 Å². The van der Waals surface area contributed by atoms with E-state index in [1.165, 1.54) is 25.7 Å². The molecule has 1 aromatic heterocycles. The largest absolute Gasteiger partial charge is 0.393 e. The summed E-state index contributed by atoms with van der Waals surface area (Å²) in [4.78, 5) is 0. The number of hydrogen-bond acceptors (Lipinski definition) is 2. The molecule has 0 aliphatic heterocycles. The zero-order chi connectivity index (χ0) is 11.8. The van der Waals surface area contributed by atoms with Crippen molar-refractivity contribution in [1.29, 1.82) is 0 Å². The fourth-order valence-electron chi connectivity index (χ4n) is 3.91. The maximum absolute atomic E-state index is 10.2. The summed E-state index contributed by atoms with van der Waals surface area (Å²) in [6, 6.07) is 2.00. The number of aliphatic hydroxyl groups excluding tert-OH is 1. The zero-order valence-corrected chi connectivity index (χ0v) is 10.5. The highest BCUT2D eigenvalue weighted by molar-refractivity contribution is 5.01. The molecule has 3 heteroatoms. The summed E-state index contributed by atoms with van der Waals surface area (Å²) >= 11 is 0. The van der Waals surface area contributed by atoms with E-state index >= 15 is 0 Å². The summed E-state index contributed by atoms with van der Waals surface area (Å²) in [7, 11) is 1.92. The monoisotopic (exact) mass is 234 g/mol. The molecule has 3 rings (SSSR count). The molecule has 1 aromatic rings. The van der Waals surface area contributed by atoms with Gasteiger partial charge in [0.2, 0.25) is 0 Å². The Morgan fingerprint density at radius 2 is 2.35 bits per heavy atom. The van der Waals surface area contributed by atoms with Gasteiger partial charge < -0.3 is 5.11 Å². The van der Waals surface area contributed by atoms with Crippen LogP contribution in [-0.2, 0) is 13.5 Å². The highest BCUT2D eigenvalue weighted by Gasteiger charge is 2.39. The van der Waals surface area contributed by atoms with E-state index in [9.17, 15) is 5.11 Å². The molecule has 2 saturated carbocycles. The van der Waals surface area contributed by atoms with Gasteiger partial charge in [-0.25, -0.2) is 0 Å². The Kier molecular flexibility index (Phi) is 2.95. The first-order valence-electron chi connectivity index (χ1n) is 6.87. The van der Waals surface area contributed by atoms with Crippen LogP contribution < -0.4 is 0 Å². The first-order valence-corrected chi connectivity index (χ1v) is 6.87. The maximum atomic E-state index is 10.2. The second kappa shape index (κ2) is 4.45. The number of fused-ring (bicyclic) bond motifs is 2. The fourth-order valence-corrected chi connectivity index (χ4v) is 3.91. The quantitative estimate of drug-likeness (QED) is 0.867. The van der Waals surface area contributed by atoms with Crippen LogP contribution in [0.25, 0.3) is 0 Å². The summed E-state index contributed by atoms with van der Waals surface area (Å²) in [5.74, 6) is 2.68. The molecule has 0 aromatic carbocycles. The van der Waals surface area contributed by atoms with E-state index < -0.39 is 0 Å². The molecule has 1 heterocycles. The molecule has 94 valence electrons. The van der Waals surface area contributed by atoms with Crippen molar-refractivity contribution < 1.29 is 5.11 Å². The normalized spacial score (nSPS) is 33.2. The van der Waals surface area contributed by atoms with Gasteiger partial charge in [-0.2, -0.15) is 5.10 Å². The Balaban J connectivity index is 1.52. The Morgan fingerprint density at radius 1 is 1.47 bits per heavy atom. The molecule has 4 unspecified atom stereocenters. The maximum Gasteiger partial charge on any atom is 0.0650 e. The number of aryl methyl sites for hydroxylation is 1. The molecule has 3 nitrogen and oxygen atoms in total.